The molecule has 1 aliphatic heterocycles. The average Bonchev–Trinajstić information content (AvgIpc) is 3.46. The van der Waals surface area contributed by atoms with Gasteiger partial charge in [0.05, 0.1) is 5.69 Å². The fourth-order valence-corrected chi connectivity index (χ4v) is 3.47. The van der Waals surface area contributed by atoms with Gasteiger partial charge in [-0.05, 0) is 55.2 Å². The van der Waals surface area contributed by atoms with Gasteiger partial charge < -0.3 is 20.1 Å². The van der Waals surface area contributed by atoms with Gasteiger partial charge >= 0.3 is 0 Å². The molecule has 2 heterocycles. The van der Waals surface area contributed by atoms with Gasteiger partial charge in [0.15, 0.2) is 17.3 Å². The van der Waals surface area contributed by atoms with Crippen molar-refractivity contribution in [2.75, 3.05) is 12.1 Å². The van der Waals surface area contributed by atoms with Crippen LogP contribution < -0.4 is 25.7 Å². The minimum Gasteiger partial charge on any atom is -0.454 e. The molecule has 5 rings (SSSR count). The second-order valence-corrected chi connectivity index (χ2v) is 7.74. The Balaban J connectivity index is 1.39. The third-order valence-electron chi connectivity index (χ3n) is 5.38. The number of carbonyl (C=O) groups excluding carboxylic acids is 1. The summed E-state index contributed by atoms with van der Waals surface area (Å²) >= 11 is 0. The van der Waals surface area contributed by atoms with Crippen LogP contribution >= 0.6 is 0 Å². The lowest BCUT2D eigenvalue weighted by atomic mass is 10.1. The summed E-state index contributed by atoms with van der Waals surface area (Å²) in [6, 6.07) is 11.3. The van der Waals surface area contributed by atoms with E-state index in [0.29, 0.717) is 29.3 Å². The van der Waals surface area contributed by atoms with E-state index in [0.717, 1.165) is 24.0 Å². The quantitative estimate of drug-likeness (QED) is 0.639. The van der Waals surface area contributed by atoms with Crippen LogP contribution in [0.1, 0.15) is 34.3 Å². The normalized spacial score (nSPS) is 14.4. The number of benzene rings is 2. The van der Waals surface area contributed by atoms with E-state index < -0.39 is 0 Å². The molecule has 0 atom stereocenters. The zero-order chi connectivity index (χ0) is 21.4. The number of ether oxygens (including phenoxy) is 2. The SMILES string of the molecule is Cc1ccc(C(=O)NC2CC2)cc1-n1ccnc(NCc2ccc3c(c2)OCO3)c1=O. The van der Waals surface area contributed by atoms with E-state index in [1.807, 2.05) is 31.2 Å². The molecule has 3 aromatic rings. The zero-order valence-electron chi connectivity index (χ0n) is 17.1. The standard InChI is InChI=1S/C23H22N4O4/c1-14-2-4-16(22(28)26-17-5-6-17)11-18(14)27-9-8-24-21(23(27)29)25-12-15-3-7-19-20(10-15)31-13-30-19/h2-4,7-11,17H,5-6,12-13H2,1H3,(H,24,25)(H,26,28). The molecule has 8 heteroatoms. The number of hydrogen-bond donors (Lipinski definition) is 2. The third kappa shape index (κ3) is 3.96. The maximum absolute atomic E-state index is 13.1. The van der Waals surface area contributed by atoms with E-state index in [9.17, 15) is 9.59 Å². The number of anilines is 1. The smallest absolute Gasteiger partial charge is 0.297 e. The Morgan fingerprint density at radius 2 is 2.00 bits per heavy atom. The highest BCUT2D eigenvalue weighted by atomic mass is 16.7. The lowest BCUT2D eigenvalue weighted by Crippen LogP contribution is -2.26. The summed E-state index contributed by atoms with van der Waals surface area (Å²) in [7, 11) is 0. The van der Waals surface area contributed by atoms with Gasteiger partial charge in [0.2, 0.25) is 6.79 Å². The third-order valence-corrected chi connectivity index (χ3v) is 5.38. The van der Waals surface area contributed by atoms with Crippen LogP contribution in [0.4, 0.5) is 5.82 Å². The summed E-state index contributed by atoms with van der Waals surface area (Å²) in [5.41, 5.74) is 2.73. The first-order chi connectivity index (χ1) is 15.1. The number of aryl methyl sites for hydroxylation is 1. The number of hydrogen-bond acceptors (Lipinski definition) is 6. The van der Waals surface area contributed by atoms with Gasteiger partial charge in [0.1, 0.15) is 0 Å². The summed E-state index contributed by atoms with van der Waals surface area (Å²) in [5, 5.41) is 6.08. The van der Waals surface area contributed by atoms with Crippen LogP contribution in [0.3, 0.4) is 0 Å². The Kier molecular flexibility index (Phi) is 4.82. The molecule has 8 nitrogen and oxygen atoms in total. The van der Waals surface area contributed by atoms with Crippen molar-refractivity contribution in [2.45, 2.75) is 32.4 Å². The van der Waals surface area contributed by atoms with Crippen molar-refractivity contribution in [3.05, 3.63) is 75.8 Å². The van der Waals surface area contributed by atoms with Crippen LogP contribution in [0.5, 0.6) is 11.5 Å². The molecule has 0 radical (unpaired) electrons. The molecule has 0 spiro atoms. The van der Waals surface area contributed by atoms with Crippen LogP contribution in [-0.4, -0.2) is 28.3 Å². The molecule has 0 bridgehead atoms. The average molecular weight is 418 g/mol. The van der Waals surface area contributed by atoms with Crippen LogP contribution in [0.2, 0.25) is 0 Å². The van der Waals surface area contributed by atoms with E-state index in [1.54, 1.807) is 24.5 Å². The summed E-state index contributed by atoms with van der Waals surface area (Å²) in [4.78, 5) is 29.7. The lowest BCUT2D eigenvalue weighted by molar-refractivity contribution is 0.0951. The molecule has 1 aromatic heterocycles. The van der Waals surface area contributed by atoms with E-state index in [2.05, 4.69) is 15.6 Å². The number of carbonyl (C=O) groups is 1. The summed E-state index contributed by atoms with van der Waals surface area (Å²) in [6.45, 7) is 2.53. The van der Waals surface area contributed by atoms with Crippen LogP contribution in [0.25, 0.3) is 5.69 Å². The molecular formula is C23H22N4O4. The Hall–Kier alpha value is -3.81. The van der Waals surface area contributed by atoms with Gasteiger partial charge in [-0.15, -0.1) is 0 Å². The molecular weight excluding hydrogens is 396 g/mol. The maximum Gasteiger partial charge on any atom is 0.297 e. The van der Waals surface area contributed by atoms with Gasteiger partial charge in [-0.2, -0.15) is 0 Å². The molecule has 1 aliphatic carbocycles. The van der Waals surface area contributed by atoms with E-state index in [-0.39, 0.29) is 30.1 Å². The van der Waals surface area contributed by atoms with Crippen molar-refractivity contribution < 1.29 is 14.3 Å². The molecule has 2 aliphatic rings. The van der Waals surface area contributed by atoms with Crippen LogP contribution in [0, 0.1) is 6.92 Å². The second-order valence-electron chi connectivity index (χ2n) is 7.74. The van der Waals surface area contributed by atoms with E-state index >= 15 is 0 Å². The first kappa shape index (κ1) is 19.2. The number of fused-ring (bicyclic) bond motifs is 1. The first-order valence-electron chi connectivity index (χ1n) is 10.2. The van der Waals surface area contributed by atoms with E-state index in [1.165, 1.54) is 4.57 Å². The van der Waals surface area contributed by atoms with Crippen molar-refractivity contribution in [1.82, 2.24) is 14.9 Å². The molecule has 2 N–H and O–H groups in total. The highest BCUT2D eigenvalue weighted by Gasteiger charge is 2.24. The molecule has 1 amide bonds. The van der Waals surface area contributed by atoms with Gasteiger partial charge in [0.25, 0.3) is 11.5 Å². The van der Waals surface area contributed by atoms with Gasteiger partial charge in [-0.25, -0.2) is 4.98 Å². The summed E-state index contributed by atoms with van der Waals surface area (Å²) < 4.78 is 12.2. The minimum atomic E-state index is -0.286. The predicted octanol–water partition coefficient (Wildman–Crippen LogP) is 2.77. The molecule has 0 unspecified atom stereocenters. The first-order valence-corrected chi connectivity index (χ1v) is 10.2. The number of nitrogens with zero attached hydrogens (tertiary/aromatic N) is 2. The second kappa shape index (κ2) is 7.79. The minimum absolute atomic E-state index is 0.119. The molecule has 31 heavy (non-hydrogen) atoms. The molecule has 1 saturated carbocycles. The van der Waals surface area contributed by atoms with Crippen molar-refractivity contribution in [2.24, 2.45) is 0 Å². The van der Waals surface area contributed by atoms with Crippen LogP contribution in [0.15, 0.2) is 53.6 Å². The molecule has 0 saturated heterocycles. The highest BCUT2D eigenvalue weighted by molar-refractivity contribution is 5.95. The zero-order valence-corrected chi connectivity index (χ0v) is 17.1. The summed E-state index contributed by atoms with van der Waals surface area (Å²) in [6.07, 6.45) is 5.22. The monoisotopic (exact) mass is 418 g/mol. The van der Waals surface area contributed by atoms with Gasteiger partial charge in [-0.1, -0.05) is 12.1 Å². The van der Waals surface area contributed by atoms with Gasteiger partial charge in [-0.3, -0.25) is 14.2 Å². The van der Waals surface area contributed by atoms with Crippen LogP contribution in [-0.2, 0) is 6.54 Å². The number of amides is 1. The highest BCUT2D eigenvalue weighted by Crippen LogP contribution is 2.32. The Bertz CT molecular complexity index is 1220. The number of rotatable bonds is 6. The number of aromatic nitrogens is 2. The molecule has 158 valence electrons. The van der Waals surface area contributed by atoms with Crippen molar-refractivity contribution in [3.8, 4) is 17.2 Å². The fraction of sp³-hybridized carbons (Fsp3) is 0.261. The van der Waals surface area contributed by atoms with Gasteiger partial charge in [0, 0.05) is 30.5 Å². The molecule has 2 aromatic carbocycles. The topological polar surface area (TPSA) is 94.5 Å². The molecule has 1 fully saturated rings. The lowest BCUT2D eigenvalue weighted by Gasteiger charge is -2.13. The van der Waals surface area contributed by atoms with Crippen molar-refractivity contribution in [3.63, 3.8) is 0 Å². The Morgan fingerprint density at radius 1 is 1.16 bits per heavy atom. The Morgan fingerprint density at radius 3 is 2.84 bits per heavy atom. The predicted molar refractivity (Wildman–Crippen MR) is 115 cm³/mol. The summed E-state index contributed by atoms with van der Waals surface area (Å²) in [5.74, 6) is 1.51. The number of nitrogens with one attached hydrogen (secondary N) is 2. The van der Waals surface area contributed by atoms with Crippen molar-refractivity contribution >= 4 is 11.7 Å². The largest absolute Gasteiger partial charge is 0.454 e. The van der Waals surface area contributed by atoms with Crippen molar-refractivity contribution in [1.29, 1.82) is 0 Å². The Labute approximate surface area is 178 Å². The fourth-order valence-electron chi connectivity index (χ4n) is 3.47. The van der Waals surface area contributed by atoms with E-state index in [4.69, 9.17) is 9.47 Å². The maximum atomic E-state index is 13.1.